The van der Waals surface area contributed by atoms with Gasteiger partial charge in [-0.05, 0) is 48.8 Å². The normalized spacial score (nSPS) is 18.7. The Morgan fingerprint density at radius 3 is 1.96 bits per heavy atom. The molecule has 5 heteroatoms. The number of hydrogen-bond acceptors (Lipinski definition) is 3. The molecule has 0 saturated carbocycles. The second-order valence-corrected chi connectivity index (χ2v) is 13.3. The van der Waals surface area contributed by atoms with Crippen molar-refractivity contribution in [2.24, 2.45) is 15.9 Å². The predicted molar refractivity (Wildman–Crippen MR) is 208 cm³/mol. The van der Waals surface area contributed by atoms with E-state index in [1.54, 1.807) is 0 Å². The molecule has 2 atom stereocenters. The van der Waals surface area contributed by atoms with Crippen molar-refractivity contribution in [2.75, 3.05) is 0 Å². The van der Waals surface area contributed by atoms with Gasteiger partial charge in [-0.25, -0.2) is 9.98 Å². The van der Waals surface area contributed by atoms with Crippen molar-refractivity contribution >= 4 is 61.9 Å². The first-order valence-electron chi connectivity index (χ1n) is 17.5. The molecule has 0 amide bonds. The van der Waals surface area contributed by atoms with Crippen molar-refractivity contribution in [3.05, 3.63) is 174 Å². The van der Waals surface area contributed by atoms with Gasteiger partial charge in [0.2, 0.25) is 0 Å². The lowest BCUT2D eigenvalue weighted by Gasteiger charge is -2.30. The van der Waals surface area contributed by atoms with Crippen LogP contribution in [0.25, 0.3) is 50.2 Å². The third kappa shape index (κ3) is 4.69. The molecular weight excluding hydrogens is 611 g/mol. The standard InChI is InChI=1S/C45H35N5/c1-3-15-30(16-4-1)43-46-44(31-17-5-2-6-18-31)48-45(47-43)32-27-33(49-39-23-11-7-19-35(39)36-20-8-12-24-40(36)49)29-34(28-32)50-41-25-13-9-21-37(41)38-22-10-14-26-42(38)50/h1-13,15-25,27,29,32,43H,14,26,28H2,(H,46,47,48). The fourth-order valence-electron chi connectivity index (χ4n) is 8.11. The Hall–Kier alpha value is -6.20. The molecule has 0 fully saturated rings. The zero-order chi connectivity index (χ0) is 33.0. The van der Waals surface area contributed by atoms with Crippen molar-refractivity contribution < 1.29 is 0 Å². The molecule has 240 valence electrons. The molecule has 5 aromatic carbocycles. The largest absolute Gasteiger partial charge is 0.328 e. The van der Waals surface area contributed by atoms with Gasteiger partial charge in [0.25, 0.3) is 0 Å². The SMILES string of the molecule is C1=Cc2c(n(C3=CC(n4c5ccccc5c5ccccc54)=CC(C4=NC(c5ccccc5)N=C(c5ccccc5)N4)C3)c3ccccc23)CC1. The highest BCUT2D eigenvalue weighted by Gasteiger charge is 2.30. The van der Waals surface area contributed by atoms with Crippen LogP contribution in [0.15, 0.2) is 162 Å². The van der Waals surface area contributed by atoms with Gasteiger partial charge in [0.05, 0.1) is 16.6 Å². The molecule has 3 aliphatic rings. The molecule has 2 unspecified atom stereocenters. The molecule has 1 N–H and O–H groups in total. The van der Waals surface area contributed by atoms with E-state index in [2.05, 4.69) is 160 Å². The van der Waals surface area contributed by atoms with Crippen LogP contribution in [-0.4, -0.2) is 20.8 Å². The lowest BCUT2D eigenvalue weighted by Crippen LogP contribution is -2.40. The molecule has 3 heterocycles. The molecule has 5 nitrogen and oxygen atoms in total. The number of benzene rings is 5. The van der Waals surface area contributed by atoms with Crippen molar-refractivity contribution in [3.8, 4) is 0 Å². The summed E-state index contributed by atoms with van der Waals surface area (Å²) >= 11 is 0. The molecule has 7 aromatic rings. The average Bonchev–Trinajstić information content (AvgIpc) is 3.71. The van der Waals surface area contributed by atoms with E-state index in [4.69, 9.17) is 9.98 Å². The average molecular weight is 646 g/mol. The van der Waals surface area contributed by atoms with E-state index in [1.807, 2.05) is 12.1 Å². The molecule has 0 bridgehead atoms. The summed E-state index contributed by atoms with van der Waals surface area (Å²) in [5, 5.41) is 7.56. The van der Waals surface area contributed by atoms with Gasteiger partial charge < -0.3 is 14.5 Å². The minimum absolute atomic E-state index is 0.0266. The van der Waals surface area contributed by atoms with Crippen LogP contribution in [0, 0.1) is 5.92 Å². The summed E-state index contributed by atoms with van der Waals surface area (Å²) in [4.78, 5) is 10.5. The summed E-state index contributed by atoms with van der Waals surface area (Å²) in [6.45, 7) is 0. The van der Waals surface area contributed by atoms with Crippen LogP contribution in [0.2, 0.25) is 0 Å². The maximum atomic E-state index is 5.37. The van der Waals surface area contributed by atoms with Gasteiger partial charge in [-0.1, -0.05) is 127 Å². The molecule has 0 spiro atoms. The van der Waals surface area contributed by atoms with Crippen LogP contribution in [0.1, 0.15) is 41.4 Å². The first-order valence-corrected chi connectivity index (χ1v) is 17.5. The Morgan fingerprint density at radius 2 is 1.24 bits per heavy atom. The minimum Gasteiger partial charge on any atom is -0.328 e. The first-order chi connectivity index (χ1) is 24.8. The molecular formula is C45H35N5. The monoisotopic (exact) mass is 645 g/mol. The van der Waals surface area contributed by atoms with Gasteiger partial charge in [-0.3, -0.25) is 0 Å². The van der Waals surface area contributed by atoms with E-state index in [0.29, 0.717) is 0 Å². The number of nitrogens with zero attached hydrogens (tertiary/aromatic N) is 4. The predicted octanol–water partition coefficient (Wildman–Crippen LogP) is 10.3. The number of fused-ring (bicyclic) bond motifs is 6. The Kier molecular flexibility index (Phi) is 6.76. The van der Waals surface area contributed by atoms with Gasteiger partial charge in [0.1, 0.15) is 11.7 Å². The second-order valence-electron chi connectivity index (χ2n) is 13.3. The Balaban J connectivity index is 1.20. The van der Waals surface area contributed by atoms with E-state index in [0.717, 1.165) is 47.8 Å². The zero-order valence-electron chi connectivity index (χ0n) is 27.6. The van der Waals surface area contributed by atoms with E-state index >= 15 is 0 Å². The molecule has 50 heavy (non-hydrogen) atoms. The fraction of sp³-hybridized carbons (Fsp3) is 0.111. The summed E-state index contributed by atoms with van der Waals surface area (Å²) in [6.07, 6.45) is 12.0. The van der Waals surface area contributed by atoms with Gasteiger partial charge in [-0.2, -0.15) is 0 Å². The molecule has 10 rings (SSSR count). The van der Waals surface area contributed by atoms with Crippen molar-refractivity contribution in [2.45, 2.75) is 25.4 Å². The highest BCUT2D eigenvalue weighted by molar-refractivity contribution is 6.13. The topological polar surface area (TPSA) is 46.6 Å². The molecule has 0 radical (unpaired) electrons. The summed E-state index contributed by atoms with van der Waals surface area (Å²) in [5.41, 5.74) is 10.9. The van der Waals surface area contributed by atoms with Gasteiger partial charge >= 0.3 is 0 Å². The number of amidine groups is 2. The van der Waals surface area contributed by atoms with Crippen LogP contribution >= 0.6 is 0 Å². The van der Waals surface area contributed by atoms with Gasteiger partial charge in [0, 0.05) is 56.7 Å². The third-order valence-electron chi connectivity index (χ3n) is 10.3. The Labute approximate surface area is 290 Å². The van der Waals surface area contributed by atoms with E-state index in [9.17, 15) is 0 Å². The van der Waals surface area contributed by atoms with Crippen LogP contribution in [-0.2, 0) is 6.42 Å². The number of aromatic nitrogens is 2. The van der Waals surface area contributed by atoms with Crippen molar-refractivity contribution in [1.29, 1.82) is 0 Å². The molecule has 2 aliphatic carbocycles. The van der Waals surface area contributed by atoms with E-state index < -0.39 is 0 Å². The molecule has 0 saturated heterocycles. The highest BCUT2D eigenvalue weighted by atomic mass is 15.2. The van der Waals surface area contributed by atoms with Crippen LogP contribution in [0.3, 0.4) is 0 Å². The Morgan fingerprint density at radius 1 is 0.620 bits per heavy atom. The van der Waals surface area contributed by atoms with E-state index in [1.165, 1.54) is 49.7 Å². The third-order valence-corrected chi connectivity index (χ3v) is 10.3. The fourth-order valence-corrected chi connectivity index (χ4v) is 8.11. The van der Waals surface area contributed by atoms with E-state index in [-0.39, 0.29) is 12.1 Å². The summed E-state index contributed by atoms with van der Waals surface area (Å²) in [5.74, 6) is 1.75. The lowest BCUT2D eigenvalue weighted by molar-refractivity contribution is 0.716. The summed E-state index contributed by atoms with van der Waals surface area (Å²) in [7, 11) is 0. The second kappa shape index (κ2) is 11.7. The maximum absolute atomic E-state index is 5.37. The number of rotatable bonds is 5. The van der Waals surface area contributed by atoms with Crippen LogP contribution in [0.4, 0.5) is 0 Å². The number of aliphatic imine (C=N–C) groups is 2. The number of hydrogen-bond donors (Lipinski definition) is 1. The van der Waals surface area contributed by atoms with Gasteiger partial charge in [0.15, 0.2) is 6.17 Å². The molecule has 1 aliphatic heterocycles. The Bertz CT molecular complexity index is 2540. The quantitative estimate of drug-likeness (QED) is 0.199. The maximum Gasteiger partial charge on any atom is 0.169 e. The highest BCUT2D eigenvalue weighted by Crippen LogP contribution is 2.41. The van der Waals surface area contributed by atoms with Crippen molar-refractivity contribution in [3.63, 3.8) is 0 Å². The lowest BCUT2D eigenvalue weighted by atomic mass is 9.93. The number of nitrogens with one attached hydrogen (secondary N) is 1. The smallest absolute Gasteiger partial charge is 0.169 e. The minimum atomic E-state index is -0.340. The van der Waals surface area contributed by atoms with Crippen molar-refractivity contribution in [1.82, 2.24) is 14.5 Å². The first kappa shape index (κ1) is 28.8. The molecule has 2 aromatic heterocycles. The van der Waals surface area contributed by atoms with Gasteiger partial charge in [-0.15, -0.1) is 0 Å². The number of allylic oxidation sites excluding steroid dienone is 4. The van der Waals surface area contributed by atoms with Crippen LogP contribution in [0.5, 0.6) is 0 Å². The summed E-state index contributed by atoms with van der Waals surface area (Å²) < 4.78 is 4.99. The van der Waals surface area contributed by atoms with Crippen LogP contribution < -0.4 is 5.32 Å². The summed E-state index contributed by atoms with van der Waals surface area (Å²) in [6, 6.07) is 47.3. The zero-order valence-corrected chi connectivity index (χ0v) is 27.6. The number of para-hydroxylation sites is 3.